The van der Waals surface area contributed by atoms with Crippen LogP contribution in [0.5, 0.6) is 0 Å². The van der Waals surface area contributed by atoms with Gasteiger partial charge in [0.1, 0.15) is 6.04 Å². The number of nitrogens with zero attached hydrogens (tertiary/aromatic N) is 3. The molecule has 3 rings (SSSR count). The van der Waals surface area contributed by atoms with E-state index in [0.717, 1.165) is 25.1 Å². The molecule has 140 valence electrons. The van der Waals surface area contributed by atoms with Gasteiger partial charge in [-0.3, -0.25) is 14.4 Å². The minimum Gasteiger partial charge on any atom is -0.353 e. The summed E-state index contributed by atoms with van der Waals surface area (Å²) < 4.78 is 1.71. The predicted octanol–water partition coefficient (Wildman–Crippen LogP) is 1.63. The molecule has 6 nitrogen and oxygen atoms in total. The number of aromatic nitrogens is 2. The lowest BCUT2D eigenvalue weighted by molar-refractivity contribution is -0.123. The minimum atomic E-state index is -0.387. The zero-order chi connectivity index (χ0) is 18.7. The summed E-state index contributed by atoms with van der Waals surface area (Å²) in [5.41, 5.74) is 3.59. The van der Waals surface area contributed by atoms with E-state index in [4.69, 9.17) is 0 Å². The SMILES string of the molecule is CNC(C(=O)NCC(C)(C)N1CCc2ccccc2C1)c1cnn(C)c1. The molecule has 2 heterocycles. The van der Waals surface area contributed by atoms with E-state index in [-0.39, 0.29) is 17.5 Å². The standard InChI is InChI=1S/C20H29N5O/c1-20(2,25-10-9-15-7-5-6-8-16(15)13-25)14-22-19(26)18(21-3)17-11-23-24(4)12-17/h5-8,11-12,18,21H,9-10,13-14H2,1-4H3,(H,22,26). The predicted molar refractivity (Wildman–Crippen MR) is 103 cm³/mol. The molecule has 1 atom stereocenters. The number of fused-ring (bicyclic) bond motifs is 1. The van der Waals surface area contributed by atoms with Crippen LogP contribution in [-0.4, -0.2) is 46.3 Å². The topological polar surface area (TPSA) is 62.2 Å². The van der Waals surface area contributed by atoms with Gasteiger partial charge in [0.05, 0.1) is 6.20 Å². The highest BCUT2D eigenvalue weighted by Gasteiger charge is 2.31. The Labute approximate surface area is 155 Å². The molecule has 6 heteroatoms. The molecular weight excluding hydrogens is 326 g/mol. The molecule has 0 bridgehead atoms. The summed E-state index contributed by atoms with van der Waals surface area (Å²) >= 11 is 0. The van der Waals surface area contributed by atoms with Gasteiger partial charge in [0.15, 0.2) is 0 Å². The van der Waals surface area contributed by atoms with Crippen molar-refractivity contribution < 1.29 is 4.79 Å². The Morgan fingerprint density at radius 2 is 2.04 bits per heavy atom. The summed E-state index contributed by atoms with van der Waals surface area (Å²) in [6.07, 6.45) is 4.66. The van der Waals surface area contributed by atoms with Crippen LogP contribution in [0.4, 0.5) is 0 Å². The molecule has 1 amide bonds. The van der Waals surface area contributed by atoms with Crippen LogP contribution in [0.1, 0.15) is 36.6 Å². The van der Waals surface area contributed by atoms with Crippen molar-refractivity contribution in [2.75, 3.05) is 20.1 Å². The van der Waals surface area contributed by atoms with Gasteiger partial charge >= 0.3 is 0 Å². The van der Waals surface area contributed by atoms with Crippen LogP contribution in [0.15, 0.2) is 36.7 Å². The smallest absolute Gasteiger partial charge is 0.241 e. The first kappa shape index (κ1) is 18.6. The van der Waals surface area contributed by atoms with Crippen LogP contribution in [0, 0.1) is 0 Å². The first-order chi connectivity index (χ1) is 12.4. The first-order valence-corrected chi connectivity index (χ1v) is 9.16. The third kappa shape index (κ3) is 3.97. The molecule has 0 saturated heterocycles. The van der Waals surface area contributed by atoms with Crippen LogP contribution in [0.2, 0.25) is 0 Å². The Balaban J connectivity index is 1.62. The molecule has 1 aliphatic rings. The lowest BCUT2D eigenvalue weighted by atomic mass is 9.94. The van der Waals surface area contributed by atoms with E-state index in [0.29, 0.717) is 6.54 Å². The molecule has 26 heavy (non-hydrogen) atoms. The molecule has 1 aromatic carbocycles. The summed E-state index contributed by atoms with van der Waals surface area (Å²) in [7, 11) is 3.65. The van der Waals surface area contributed by atoms with Crippen molar-refractivity contribution in [3.05, 3.63) is 53.3 Å². The van der Waals surface area contributed by atoms with Crippen molar-refractivity contribution in [3.8, 4) is 0 Å². The van der Waals surface area contributed by atoms with Gasteiger partial charge in [0.25, 0.3) is 0 Å². The van der Waals surface area contributed by atoms with Crippen LogP contribution in [0.25, 0.3) is 0 Å². The minimum absolute atomic E-state index is 0.0222. The quantitative estimate of drug-likeness (QED) is 0.827. The van der Waals surface area contributed by atoms with Crippen LogP contribution in [0.3, 0.4) is 0 Å². The van der Waals surface area contributed by atoms with Crippen LogP contribution >= 0.6 is 0 Å². The maximum atomic E-state index is 12.7. The van der Waals surface area contributed by atoms with Gasteiger partial charge in [-0.15, -0.1) is 0 Å². The molecule has 2 aromatic rings. The number of nitrogens with one attached hydrogen (secondary N) is 2. The second-order valence-electron chi connectivity index (χ2n) is 7.64. The van der Waals surface area contributed by atoms with Crippen molar-refractivity contribution in [1.29, 1.82) is 0 Å². The van der Waals surface area contributed by atoms with Gasteiger partial charge in [0.2, 0.25) is 5.91 Å². The van der Waals surface area contributed by atoms with E-state index in [9.17, 15) is 4.79 Å². The molecule has 0 radical (unpaired) electrons. The maximum Gasteiger partial charge on any atom is 0.241 e. The zero-order valence-corrected chi connectivity index (χ0v) is 16.1. The fraction of sp³-hybridized carbons (Fsp3) is 0.500. The van der Waals surface area contributed by atoms with E-state index in [2.05, 4.69) is 58.7 Å². The molecule has 1 unspecified atom stereocenters. The van der Waals surface area contributed by atoms with Crippen molar-refractivity contribution in [2.45, 2.75) is 38.4 Å². The Kier molecular flexibility index (Phi) is 5.44. The fourth-order valence-electron chi connectivity index (χ4n) is 3.57. The second-order valence-corrected chi connectivity index (χ2v) is 7.64. The van der Waals surface area contributed by atoms with E-state index in [1.165, 1.54) is 11.1 Å². The first-order valence-electron chi connectivity index (χ1n) is 9.16. The number of aryl methyl sites for hydroxylation is 1. The van der Waals surface area contributed by atoms with Crippen molar-refractivity contribution in [2.24, 2.45) is 7.05 Å². The third-order valence-corrected chi connectivity index (χ3v) is 5.29. The lowest BCUT2D eigenvalue weighted by Crippen LogP contribution is -2.54. The fourth-order valence-corrected chi connectivity index (χ4v) is 3.57. The molecule has 1 aliphatic heterocycles. The highest BCUT2D eigenvalue weighted by Crippen LogP contribution is 2.25. The third-order valence-electron chi connectivity index (χ3n) is 5.29. The summed E-state index contributed by atoms with van der Waals surface area (Å²) in [6.45, 7) is 6.93. The van der Waals surface area contributed by atoms with E-state index >= 15 is 0 Å². The summed E-state index contributed by atoms with van der Waals surface area (Å²) in [6, 6.07) is 8.24. The Morgan fingerprint density at radius 1 is 1.31 bits per heavy atom. The Morgan fingerprint density at radius 3 is 2.69 bits per heavy atom. The Bertz CT molecular complexity index is 767. The number of carbonyl (C=O) groups is 1. The average molecular weight is 355 g/mol. The summed E-state index contributed by atoms with van der Waals surface area (Å²) in [5, 5.41) is 10.4. The average Bonchev–Trinajstić information content (AvgIpc) is 3.06. The number of hydrogen-bond acceptors (Lipinski definition) is 4. The number of hydrogen-bond donors (Lipinski definition) is 2. The second kappa shape index (κ2) is 7.60. The molecule has 0 fully saturated rings. The number of rotatable bonds is 6. The molecule has 0 spiro atoms. The molecule has 0 saturated carbocycles. The maximum absolute atomic E-state index is 12.7. The van der Waals surface area contributed by atoms with Gasteiger partial charge in [-0.25, -0.2) is 0 Å². The van der Waals surface area contributed by atoms with Gasteiger partial charge in [0, 0.05) is 44.0 Å². The number of amides is 1. The summed E-state index contributed by atoms with van der Waals surface area (Å²) in [4.78, 5) is 15.1. The van der Waals surface area contributed by atoms with Gasteiger partial charge in [-0.2, -0.15) is 5.10 Å². The van der Waals surface area contributed by atoms with Gasteiger partial charge in [-0.1, -0.05) is 24.3 Å². The highest BCUT2D eigenvalue weighted by molar-refractivity contribution is 5.83. The summed E-state index contributed by atoms with van der Waals surface area (Å²) in [5.74, 6) is -0.0222. The number of benzene rings is 1. The van der Waals surface area contributed by atoms with Crippen molar-refractivity contribution in [3.63, 3.8) is 0 Å². The van der Waals surface area contributed by atoms with Crippen molar-refractivity contribution >= 4 is 5.91 Å². The highest BCUT2D eigenvalue weighted by atomic mass is 16.2. The van der Waals surface area contributed by atoms with Crippen LogP contribution < -0.4 is 10.6 Å². The lowest BCUT2D eigenvalue weighted by Gasteiger charge is -2.41. The van der Waals surface area contributed by atoms with Gasteiger partial charge < -0.3 is 10.6 Å². The van der Waals surface area contributed by atoms with E-state index in [1.54, 1.807) is 17.9 Å². The Hall–Kier alpha value is -2.18. The molecule has 0 aliphatic carbocycles. The monoisotopic (exact) mass is 355 g/mol. The molecule has 1 aromatic heterocycles. The number of likely N-dealkylation sites (N-methyl/N-ethyl adjacent to an activating group) is 1. The normalized spacial score (nSPS) is 16.2. The van der Waals surface area contributed by atoms with E-state index in [1.807, 2.05) is 13.2 Å². The van der Waals surface area contributed by atoms with Crippen LogP contribution in [-0.2, 0) is 24.8 Å². The number of carbonyl (C=O) groups excluding carboxylic acids is 1. The van der Waals surface area contributed by atoms with Crippen molar-refractivity contribution in [1.82, 2.24) is 25.3 Å². The van der Waals surface area contributed by atoms with E-state index < -0.39 is 0 Å². The zero-order valence-electron chi connectivity index (χ0n) is 16.1. The van der Waals surface area contributed by atoms with Gasteiger partial charge in [-0.05, 0) is 38.4 Å². The molecular formula is C20H29N5O. The molecule has 2 N–H and O–H groups in total. The largest absolute Gasteiger partial charge is 0.353 e.